The third-order valence-corrected chi connectivity index (χ3v) is 10.5. The van der Waals surface area contributed by atoms with Crippen LogP contribution in [0.5, 0.6) is 0 Å². The van der Waals surface area contributed by atoms with Gasteiger partial charge in [-0.1, -0.05) is 62.9 Å². The van der Waals surface area contributed by atoms with Crippen molar-refractivity contribution in [3.05, 3.63) is 65.7 Å². The summed E-state index contributed by atoms with van der Waals surface area (Å²) in [6.45, 7) is 5.32. The van der Waals surface area contributed by atoms with E-state index in [0.29, 0.717) is 44.4 Å². The predicted molar refractivity (Wildman–Crippen MR) is 165 cm³/mol. The fourth-order valence-corrected chi connectivity index (χ4v) is 7.81. The molecule has 7 heteroatoms. The first kappa shape index (κ1) is 28.8. The fourth-order valence-electron chi connectivity index (χ4n) is 7.81. The van der Waals surface area contributed by atoms with E-state index in [2.05, 4.69) is 24.0 Å². The minimum atomic E-state index is -0.739. The Bertz CT molecular complexity index is 1250. The highest BCUT2D eigenvalue weighted by atomic mass is 16.2. The Balaban J connectivity index is 1.15. The molecule has 224 valence electrons. The van der Waals surface area contributed by atoms with E-state index >= 15 is 0 Å². The Morgan fingerprint density at radius 2 is 1.55 bits per heavy atom. The molecule has 6 rings (SSSR count). The van der Waals surface area contributed by atoms with Crippen LogP contribution in [0.3, 0.4) is 0 Å². The zero-order valence-corrected chi connectivity index (χ0v) is 25.2. The summed E-state index contributed by atoms with van der Waals surface area (Å²) in [5.74, 6) is 1.28. The van der Waals surface area contributed by atoms with Crippen LogP contribution in [0.2, 0.25) is 0 Å². The molecule has 42 heavy (non-hydrogen) atoms. The molecule has 7 nitrogen and oxygen atoms in total. The second kappa shape index (κ2) is 12.5. The van der Waals surface area contributed by atoms with Gasteiger partial charge in [-0.3, -0.25) is 14.4 Å². The molecule has 2 aromatic carbocycles. The minimum Gasteiger partial charge on any atom is -0.341 e. The highest BCUT2D eigenvalue weighted by molar-refractivity contribution is 5.97. The number of likely N-dealkylation sites (tertiary alicyclic amines) is 2. The number of hydrogen-bond donors (Lipinski definition) is 0. The van der Waals surface area contributed by atoms with Gasteiger partial charge in [-0.2, -0.15) is 0 Å². The van der Waals surface area contributed by atoms with Crippen molar-refractivity contribution < 1.29 is 14.4 Å². The lowest BCUT2D eigenvalue weighted by Crippen LogP contribution is -2.57. The number of hydrogen-bond acceptors (Lipinski definition) is 4. The summed E-state index contributed by atoms with van der Waals surface area (Å²) in [5.41, 5.74) is 2.32. The molecule has 1 unspecified atom stereocenters. The largest absolute Gasteiger partial charge is 0.341 e. The lowest BCUT2D eigenvalue weighted by Gasteiger charge is -2.43. The average molecular weight is 571 g/mol. The van der Waals surface area contributed by atoms with E-state index in [9.17, 15) is 14.4 Å². The van der Waals surface area contributed by atoms with Crippen LogP contribution in [0.25, 0.3) is 0 Å². The summed E-state index contributed by atoms with van der Waals surface area (Å²) in [5, 5.41) is 0. The van der Waals surface area contributed by atoms with Crippen LogP contribution in [-0.4, -0.2) is 77.4 Å². The van der Waals surface area contributed by atoms with Crippen LogP contribution >= 0.6 is 0 Å². The smallest absolute Gasteiger partial charge is 0.253 e. The molecule has 1 atom stereocenters. The molecule has 0 aromatic heterocycles. The van der Waals surface area contributed by atoms with Gasteiger partial charge >= 0.3 is 0 Å². The van der Waals surface area contributed by atoms with Crippen LogP contribution in [0.15, 0.2) is 54.6 Å². The molecule has 2 aromatic rings. The van der Waals surface area contributed by atoms with E-state index in [0.717, 1.165) is 37.2 Å². The molecular weight excluding hydrogens is 524 g/mol. The van der Waals surface area contributed by atoms with Gasteiger partial charge in [0.2, 0.25) is 5.91 Å². The summed E-state index contributed by atoms with van der Waals surface area (Å²) in [6.07, 6.45) is 10.8. The topological polar surface area (TPSA) is 64.2 Å². The van der Waals surface area contributed by atoms with Crippen molar-refractivity contribution in [3.8, 4) is 0 Å². The molecule has 1 aliphatic carbocycles. The molecule has 4 aliphatic rings. The summed E-state index contributed by atoms with van der Waals surface area (Å²) in [6, 6.07) is 18.3. The van der Waals surface area contributed by atoms with Crippen molar-refractivity contribution >= 4 is 23.4 Å². The third kappa shape index (κ3) is 5.67. The molecule has 1 saturated carbocycles. The second-order valence-electron chi connectivity index (χ2n) is 12.9. The number of amides is 3. The summed E-state index contributed by atoms with van der Waals surface area (Å²) in [4.78, 5) is 48.8. The van der Waals surface area contributed by atoms with Gasteiger partial charge in [0.05, 0.1) is 6.67 Å². The number of piperidine rings is 2. The first-order valence-electron chi connectivity index (χ1n) is 16.3. The SMILES string of the molecule is CCC1CCCN(C(=O)CN2CN(c3ccccc3)C3(CCN(C(=O)c4ccc(C5CCCCC5)cc4)CC3)C2=O)C1. The first-order valence-corrected chi connectivity index (χ1v) is 16.3. The van der Waals surface area contributed by atoms with Crippen molar-refractivity contribution in [3.63, 3.8) is 0 Å². The van der Waals surface area contributed by atoms with Crippen LogP contribution in [0, 0.1) is 5.92 Å². The first-order chi connectivity index (χ1) is 20.5. The molecule has 3 heterocycles. The molecule has 0 N–H and O–H groups in total. The van der Waals surface area contributed by atoms with E-state index in [1.807, 2.05) is 52.3 Å². The van der Waals surface area contributed by atoms with E-state index in [1.54, 1.807) is 4.90 Å². The second-order valence-corrected chi connectivity index (χ2v) is 12.9. The number of carbonyl (C=O) groups excluding carboxylic acids is 3. The third-order valence-electron chi connectivity index (χ3n) is 10.5. The van der Waals surface area contributed by atoms with Crippen LogP contribution in [-0.2, 0) is 9.59 Å². The normalized spacial score (nSPS) is 23.1. The lowest BCUT2D eigenvalue weighted by molar-refractivity contribution is -0.141. The zero-order chi connectivity index (χ0) is 29.1. The number of carbonyl (C=O) groups is 3. The monoisotopic (exact) mass is 570 g/mol. The molecule has 4 fully saturated rings. The van der Waals surface area contributed by atoms with Gasteiger partial charge in [0, 0.05) is 37.4 Å². The van der Waals surface area contributed by atoms with E-state index in [4.69, 9.17) is 0 Å². The molecule has 0 radical (unpaired) electrons. The van der Waals surface area contributed by atoms with E-state index in [-0.39, 0.29) is 24.3 Å². The summed E-state index contributed by atoms with van der Waals surface area (Å²) < 4.78 is 0. The Morgan fingerprint density at radius 1 is 0.833 bits per heavy atom. The van der Waals surface area contributed by atoms with Gasteiger partial charge in [0.1, 0.15) is 12.1 Å². The standard InChI is InChI=1S/C35H46N4O3/c1-2-27-10-9-21-37(24-27)32(40)25-38-26-39(31-13-7-4-8-14-31)35(34(38)42)19-22-36(23-20-35)33(41)30-17-15-29(16-18-30)28-11-5-3-6-12-28/h4,7-8,13-18,27-28H,2-3,5-6,9-12,19-26H2,1H3. The minimum absolute atomic E-state index is 0.0210. The van der Waals surface area contributed by atoms with E-state index in [1.165, 1.54) is 44.1 Å². The van der Waals surface area contributed by atoms with Crippen molar-refractivity contribution in [2.24, 2.45) is 5.92 Å². The number of rotatable bonds is 6. The van der Waals surface area contributed by atoms with Crippen molar-refractivity contribution in [2.75, 3.05) is 44.3 Å². The zero-order valence-electron chi connectivity index (χ0n) is 25.2. The molecule has 3 saturated heterocycles. The van der Waals surface area contributed by atoms with Gasteiger partial charge in [-0.05, 0) is 80.2 Å². The molecular formula is C35H46N4O3. The van der Waals surface area contributed by atoms with E-state index < -0.39 is 5.54 Å². The maximum atomic E-state index is 14.1. The van der Waals surface area contributed by atoms with Gasteiger partial charge in [-0.25, -0.2) is 0 Å². The maximum Gasteiger partial charge on any atom is 0.253 e. The molecule has 0 bridgehead atoms. The predicted octanol–water partition coefficient (Wildman–Crippen LogP) is 5.66. The number of nitrogens with zero attached hydrogens (tertiary/aromatic N) is 4. The molecule has 1 spiro atoms. The van der Waals surface area contributed by atoms with Gasteiger partial charge in [0.15, 0.2) is 0 Å². The Hall–Kier alpha value is -3.35. The molecule has 3 aliphatic heterocycles. The van der Waals surface area contributed by atoms with Crippen LogP contribution in [0.4, 0.5) is 5.69 Å². The Kier molecular flexibility index (Phi) is 8.55. The Morgan fingerprint density at radius 3 is 2.24 bits per heavy atom. The highest BCUT2D eigenvalue weighted by Crippen LogP contribution is 2.40. The van der Waals surface area contributed by atoms with Crippen molar-refractivity contribution in [2.45, 2.75) is 82.6 Å². The van der Waals surface area contributed by atoms with Crippen LogP contribution < -0.4 is 4.90 Å². The maximum absolute atomic E-state index is 14.1. The fraction of sp³-hybridized carbons (Fsp3) is 0.571. The van der Waals surface area contributed by atoms with Gasteiger partial charge in [0.25, 0.3) is 11.8 Å². The molecule has 3 amide bonds. The van der Waals surface area contributed by atoms with Crippen molar-refractivity contribution in [1.29, 1.82) is 0 Å². The van der Waals surface area contributed by atoms with Gasteiger partial charge in [-0.15, -0.1) is 0 Å². The Labute approximate surface area is 250 Å². The summed E-state index contributed by atoms with van der Waals surface area (Å²) in [7, 11) is 0. The van der Waals surface area contributed by atoms with Gasteiger partial charge < -0.3 is 19.6 Å². The van der Waals surface area contributed by atoms with Crippen molar-refractivity contribution in [1.82, 2.24) is 14.7 Å². The lowest BCUT2D eigenvalue weighted by atomic mass is 9.83. The number of para-hydroxylation sites is 1. The highest BCUT2D eigenvalue weighted by Gasteiger charge is 2.54. The average Bonchev–Trinajstić information content (AvgIpc) is 3.31. The number of anilines is 1. The van der Waals surface area contributed by atoms with Crippen LogP contribution in [0.1, 0.15) is 93.0 Å². The quantitative estimate of drug-likeness (QED) is 0.449. The summed E-state index contributed by atoms with van der Waals surface area (Å²) >= 11 is 0. The number of benzene rings is 2.